The third-order valence-electron chi connectivity index (χ3n) is 1.87. The number of aryl methyl sites for hydroxylation is 1. The Hall–Kier alpha value is -0.930. The molecule has 1 aromatic carbocycles. The van der Waals surface area contributed by atoms with Crippen LogP contribution in [0.4, 0.5) is 4.39 Å². The van der Waals surface area contributed by atoms with Gasteiger partial charge >= 0.3 is 0 Å². The van der Waals surface area contributed by atoms with Crippen molar-refractivity contribution in [3.63, 3.8) is 0 Å². The second-order valence-corrected chi connectivity index (χ2v) is 4.67. The normalized spacial score (nSPS) is 10.5. The summed E-state index contributed by atoms with van der Waals surface area (Å²) < 4.78 is 13.4. The Bertz CT molecular complexity index is 467. The average Bonchev–Trinajstić information content (AvgIpc) is 2.45. The Morgan fingerprint density at radius 2 is 2.21 bits per heavy atom. The summed E-state index contributed by atoms with van der Waals surface area (Å²) >= 11 is 7.17. The number of rotatable bonds is 1. The van der Waals surface area contributed by atoms with Gasteiger partial charge in [0, 0.05) is 10.4 Å². The Morgan fingerprint density at radius 3 is 2.79 bits per heavy atom. The Labute approximate surface area is 90.2 Å². The van der Waals surface area contributed by atoms with Gasteiger partial charge < -0.3 is 0 Å². The number of hydrogen-bond donors (Lipinski definition) is 0. The van der Waals surface area contributed by atoms with Crippen LogP contribution < -0.4 is 0 Å². The maximum absolute atomic E-state index is 12.9. The molecule has 0 aliphatic heterocycles. The summed E-state index contributed by atoms with van der Waals surface area (Å²) in [6.45, 7) is 1.92. The molecular weight excluding hydrogens is 221 g/mol. The zero-order valence-corrected chi connectivity index (χ0v) is 8.99. The molecule has 0 unspecified atom stereocenters. The number of nitrogens with zero attached hydrogens (tertiary/aromatic N) is 1. The summed E-state index contributed by atoms with van der Waals surface area (Å²) in [4.78, 5) is 5.14. The highest BCUT2D eigenvalue weighted by Crippen LogP contribution is 2.30. The van der Waals surface area contributed by atoms with Gasteiger partial charge in [-0.15, -0.1) is 11.3 Å². The highest BCUT2D eigenvalue weighted by molar-refractivity contribution is 7.16. The molecule has 1 nitrogen and oxygen atoms in total. The van der Waals surface area contributed by atoms with E-state index in [0.717, 1.165) is 16.1 Å². The highest BCUT2D eigenvalue weighted by atomic mass is 35.5. The first-order chi connectivity index (χ1) is 6.66. The Balaban J connectivity index is 2.54. The van der Waals surface area contributed by atoms with Gasteiger partial charge in [0.25, 0.3) is 0 Å². The van der Waals surface area contributed by atoms with Crippen LogP contribution in [-0.4, -0.2) is 4.98 Å². The SMILES string of the molecule is Cc1sc(Cl)nc1-c1cccc(F)c1. The molecule has 0 radical (unpaired) electrons. The molecule has 4 heteroatoms. The lowest BCUT2D eigenvalue weighted by Crippen LogP contribution is -1.81. The van der Waals surface area contributed by atoms with Crippen LogP contribution in [0.1, 0.15) is 4.88 Å². The van der Waals surface area contributed by atoms with Crippen molar-refractivity contribution in [1.82, 2.24) is 4.98 Å². The first-order valence-corrected chi connectivity index (χ1v) is 5.25. The second kappa shape index (κ2) is 3.67. The van der Waals surface area contributed by atoms with Crippen molar-refractivity contribution in [3.8, 4) is 11.3 Å². The van der Waals surface area contributed by atoms with Gasteiger partial charge in [-0.3, -0.25) is 0 Å². The lowest BCUT2D eigenvalue weighted by Gasteiger charge is -1.97. The molecule has 1 aromatic heterocycles. The van der Waals surface area contributed by atoms with E-state index in [0.29, 0.717) is 4.47 Å². The molecule has 0 fully saturated rings. The molecule has 0 aliphatic rings. The summed E-state index contributed by atoms with van der Waals surface area (Å²) in [7, 11) is 0. The van der Waals surface area contributed by atoms with Crippen molar-refractivity contribution in [2.75, 3.05) is 0 Å². The van der Waals surface area contributed by atoms with Crippen LogP contribution in [0.15, 0.2) is 24.3 Å². The summed E-state index contributed by atoms with van der Waals surface area (Å²) in [6.07, 6.45) is 0. The Kier molecular flexibility index (Phi) is 2.52. The van der Waals surface area contributed by atoms with E-state index >= 15 is 0 Å². The molecule has 1 heterocycles. The molecule has 2 rings (SSSR count). The summed E-state index contributed by atoms with van der Waals surface area (Å²) in [5.41, 5.74) is 1.53. The Morgan fingerprint density at radius 1 is 1.43 bits per heavy atom. The van der Waals surface area contributed by atoms with Crippen molar-refractivity contribution in [2.24, 2.45) is 0 Å². The fourth-order valence-electron chi connectivity index (χ4n) is 1.27. The van der Waals surface area contributed by atoms with Crippen LogP contribution in [0.25, 0.3) is 11.3 Å². The summed E-state index contributed by atoms with van der Waals surface area (Å²) in [5, 5.41) is 0. The van der Waals surface area contributed by atoms with E-state index in [1.165, 1.54) is 23.5 Å². The van der Waals surface area contributed by atoms with Gasteiger partial charge in [0.05, 0.1) is 5.69 Å². The van der Waals surface area contributed by atoms with Gasteiger partial charge in [-0.2, -0.15) is 0 Å². The third kappa shape index (κ3) is 1.79. The molecular formula is C10H7ClFNS. The van der Waals surface area contributed by atoms with Crippen LogP contribution in [0, 0.1) is 12.7 Å². The van der Waals surface area contributed by atoms with Crippen LogP contribution in [0.2, 0.25) is 4.47 Å². The van der Waals surface area contributed by atoms with Crippen molar-refractivity contribution in [3.05, 3.63) is 39.4 Å². The first-order valence-electron chi connectivity index (χ1n) is 4.05. The number of hydrogen-bond acceptors (Lipinski definition) is 2. The summed E-state index contributed by atoms with van der Waals surface area (Å²) in [6, 6.07) is 6.35. The van der Waals surface area contributed by atoms with E-state index in [9.17, 15) is 4.39 Å². The predicted molar refractivity (Wildman–Crippen MR) is 57.3 cm³/mol. The van der Waals surface area contributed by atoms with Gasteiger partial charge in [0.15, 0.2) is 4.47 Å². The smallest absolute Gasteiger partial charge is 0.184 e. The van der Waals surface area contributed by atoms with Crippen molar-refractivity contribution in [2.45, 2.75) is 6.92 Å². The van der Waals surface area contributed by atoms with Gasteiger partial charge in [-0.1, -0.05) is 23.7 Å². The second-order valence-electron chi connectivity index (χ2n) is 2.88. The standard InChI is InChI=1S/C10H7ClFNS/c1-6-9(13-10(11)14-6)7-3-2-4-8(12)5-7/h2-5H,1H3. The van der Waals surface area contributed by atoms with E-state index in [4.69, 9.17) is 11.6 Å². The number of thiazole rings is 1. The average molecular weight is 228 g/mol. The number of aromatic nitrogens is 1. The van der Waals surface area contributed by atoms with Crippen molar-refractivity contribution in [1.29, 1.82) is 0 Å². The van der Waals surface area contributed by atoms with Gasteiger partial charge in [0.2, 0.25) is 0 Å². The fourth-order valence-corrected chi connectivity index (χ4v) is 2.35. The number of halogens is 2. The molecule has 14 heavy (non-hydrogen) atoms. The molecule has 0 aliphatic carbocycles. The molecule has 0 amide bonds. The lowest BCUT2D eigenvalue weighted by atomic mass is 10.1. The van der Waals surface area contributed by atoms with Gasteiger partial charge in [0.1, 0.15) is 5.82 Å². The molecule has 0 N–H and O–H groups in total. The molecule has 0 spiro atoms. The minimum atomic E-state index is -0.258. The largest absolute Gasteiger partial charge is 0.225 e. The minimum absolute atomic E-state index is 0.258. The lowest BCUT2D eigenvalue weighted by molar-refractivity contribution is 0.628. The summed E-state index contributed by atoms with van der Waals surface area (Å²) in [5.74, 6) is -0.258. The molecule has 0 saturated carbocycles. The predicted octanol–water partition coefficient (Wildman–Crippen LogP) is 3.91. The molecule has 2 aromatic rings. The first kappa shape index (κ1) is 9.62. The van der Waals surface area contributed by atoms with E-state index in [-0.39, 0.29) is 5.82 Å². The monoisotopic (exact) mass is 227 g/mol. The highest BCUT2D eigenvalue weighted by Gasteiger charge is 2.08. The van der Waals surface area contributed by atoms with Crippen molar-refractivity contribution >= 4 is 22.9 Å². The van der Waals surface area contributed by atoms with E-state index in [1.54, 1.807) is 6.07 Å². The maximum atomic E-state index is 12.9. The number of benzene rings is 1. The zero-order chi connectivity index (χ0) is 10.1. The van der Waals surface area contributed by atoms with Crippen molar-refractivity contribution < 1.29 is 4.39 Å². The van der Waals surface area contributed by atoms with Crippen LogP contribution >= 0.6 is 22.9 Å². The minimum Gasteiger partial charge on any atom is -0.225 e. The quantitative estimate of drug-likeness (QED) is 0.720. The third-order valence-corrected chi connectivity index (χ3v) is 2.94. The molecule has 72 valence electrons. The van der Waals surface area contributed by atoms with Crippen LogP contribution in [-0.2, 0) is 0 Å². The molecule has 0 saturated heterocycles. The van der Waals surface area contributed by atoms with Gasteiger partial charge in [-0.05, 0) is 19.1 Å². The molecule has 0 atom stereocenters. The van der Waals surface area contributed by atoms with Crippen LogP contribution in [0.3, 0.4) is 0 Å². The van der Waals surface area contributed by atoms with Crippen LogP contribution in [0.5, 0.6) is 0 Å². The van der Waals surface area contributed by atoms with E-state index in [2.05, 4.69) is 4.98 Å². The molecule has 0 bridgehead atoms. The fraction of sp³-hybridized carbons (Fsp3) is 0.100. The van der Waals surface area contributed by atoms with E-state index in [1.807, 2.05) is 13.0 Å². The van der Waals surface area contributed by atoms with Gasteiger partial charge in [-0.25, -0.2) is 9.37 Å². The van der Waals surface area contributed by atoms with E-state index < -0.39 is 0 Å². The topological polar surface area (TPSA) is 12.9 Å². The maximum Gasteiger partial charge on any atom is 0.184 e. The zero-order valence-electron chi connectivity index (χ0n) is 7.42.